The molecule has 0 atom stereocenters. The predicted molar refractivity (Wildman–Crippen MR) is 90.1 cm³/mol. The fraction of sp³-hybridized carbons (Fsp3) is 0.375. The van der Waals surface area contributed by atoms with E-state index in [9.17, 15) is 4.79 Å². The van der Waals surface area contributed by atoms with E-state index < -0.39 is 0 Å². The first-order chi connectivity index (χ1) is 10.7. The molecule has 0 saturated heterocycles. The number of hydrogen-bond donors (Lipinski definition) is 2. The van der Waals surface area contributed by atoms with Gasteiger partial charge in [-0.15, -0.1) is 11.3 Å². The summed E-state index contributed by atoms with van der Waals surface area (Å²) in [4.78, 5) is 18.3. The number of rotatable bonds is 4. The highest BCUT2D eigenvalue weighted by Crippen LogP contribution is 2.32. The summed E-state index contributed by atoms with van der Waals surface area (Å²) in [6, 6.07) is 6.10. The number of benzene rings is 1. The lowest BCUT2D eigenvalue weighted by Gasteiger charge is -2.31. The Bertz CT molecular complexity index is 683. The van der Waals surface area contributed by atoms with Gasteiger partial charge in [-0.1, -0.05) is 6.07 Å². The zero-order valence-electron chi connectivity index (χ0n) is 12.6. The lowest BCUT2D eigenvalue weighted by Crippen LogP contribution is -2.29. The number of thiazole rings is 1. The Hall–Kier alpha value is -2.08. The Kier molecular flexibility index (Phi) is 4.29. The second-order valence-corrected chi connectivity index (χ2v) is 6.40. The Morgan fingerprint density at radius 1 is 1.50 bits per heavy atom. The molecule has 1 aliphatic heterocycles. The minimum absolute atomic E-state index is 0.00279. The van der Waals surface area contributed by atoms with Gasteiger partial charge in [-0.05, 0) is 30.5 Å². The molecular formula is C16H20N4OS. The van der Waals surface area contributed by atoms with Crippen LogP contribution >= 0.6 is 11.3 Å². The summed E-state index contributed by atoms with van der Waals surface area (Å²) in [5.41, 5.74) is 10.4. The van der Waals surface area contributed by atoms with Crippen LogP contribution in [0.2, 0.25) is 0 Å². The Morgan fingerprint density at radius 3 is 3.18 bits per heavy atom. The second kappa shape index (κ2) is 6.36. The molecule has 1 amide bonds. The van der Waals surface area contributed by atoms with Crippen LogP contribution in [0.1, 0.15) is 22.7 Å². The molecular weight excluding hydrogens is 296 g/mol. The molecule has 0 unspecified atom stereocenters. The molecule has 2 heterocycles. The number of carbonyl (C=O) groups excluding carboxylic acids is 1. The van der Waals surface area contributed by atoms with E-state index in [4.69, 9.17) is 5.73 Å². The fourth-order valence-corrected chi connectivity index (χ4v) is 3.60. The van der Waals surface area contributed by atoms with E-state index in [0.717, 1.165) is 42.3 Å². The number of likely N-dealkylation sites (N-methyl/N-ethyl adjacent to an activating group) is 1. The van der Waals surface area contributed by atoms with E-state index in [0.29, 0.717) is 6.42 Å². The van der Waals surface area contributed by atoms with Crippen molar-refractivity contribution in [3.63, 3.8) is 0 Å². The zero-order chi connectivity index (χ0) is 15.5. The third-order valence-electron chi connectivity index (χ3n) is 3.93. The molecule has 22 heavy (non-hydrogen) atoms. The van der Waals surface area contributed by atoms with E-state index in [1.807, 2.05) is 17.5 Å². The normalized spacial score (nSPS) is 13.8. The largest absolute Gasteiger partial charge is 0.398 e. The van der Waals surface area contributed by atoms with Crippen LogP contribution in [0.3, 0.4) is 0 Å². The van der Waals surface area contributed by atoms with E-state index in [-0.39, 0.29) is 5.91 Å². The van der Waals surface area contributed by atoms with Crippen molar-refractivity contribution in [2.45, 2.75) is 25.8 Å². The van der Waals surface area contributed by atoms with Crippen LogP contribution in [0.4, 0.5) is 11.4 Å². The van der Waals surface area contributed by atoms with Crippen LogP contribution in [0.25, 0.3) is 0 Å². The SMILES string of the molecule is CNC(=O)Cc1nc(CN2CCCc3c(N)cccc32)cs1. The standard InChI is InChI=1S/C16H20N4OS/c1-18-15(21)8-16-19-11(10-22-16)9-20-7-3-4-12-13(17)5-2-6-14(12)20/h2,5-6,10H,3-4,7-9,17H2,1H3,(H,18,21). The summed E-state index contributed by atoms with van der Waals surface area (Å²) in [5, 5.41) is 5.53. The van der Waals surface area contributed by atoms with Crippen molar-refractivity contribution in [3.05, 3.63) is 39.8 Å². The van der Waals surface area contributed by atoms with Gasteiger partial charge in [0.25, 0.3) is 0 Å². The number of amides is 1. The Labute approximate surface area is 134 Å². The number of nitrogen functional groups attached to an aromatic ring is 1. The third-order valence-corrected chi connectivity index (χ3v) is 4.82. The molecule has 0 saturated carbocycles. The quantitative estimate of drug-likeness (QED) is 0.846. The molecule has 0 bridgehead atoms. The van der Waals surface area contributed by atoms with Crippen LogP contribution in [0.5, 0.6) is 0 Å². The van der Waals surface area contributed by atoms with Crippen molar-refractivity contribution in [2.24, 2.45) is 0 Å². The molecule has 5 nitrogen and oxygen atoms in total. The first-order valence-corrected chi connectivity index (χ1v) is 8.31. The van der Waals surface area contributed by atoms with Crippen molar-refractivity contribution in [2.75, 3.05) is 24.2 Å². The monoisotopic (exact) mass is 316 g/mol. The average Bonchev–Trinajstić information content (AvgIpc) is 2.95. The van der Waals surface area contributed by atoms with Crippen LogP contribution < -0.4 is 16.0 Å². The molecule has 2 aromatic rings. The van der Waals surface area contributed by atoms with Crippen molar-refractivity contribution in [3.8, 4) is 0 Å². The van der Waals surface area contributed by atoms with Gasteiger partial charge in [-0.25, -0.2) is 4.98 Å². The summed E-state index contributed by atoms with van der Waals surface area (Å²) in [7, 11) is 1.64. The van der Waals surface area contributed by atoms with Gasteiger partial charge in [0.1, 0.15) is 5.01 Å². The number of hydrogen-bond acceptors (Lipinski definition) is 5. The van der Waals surface area contributed by atoms with E-state index >= 15 is 0 Å². The van der Waals surface area contributed by atoms with Gasteiger partial charge in [0, 0.05) is 30.3 Å². The molecule has 1 aromatic carbocycles. The van der Waals surface area contributed by atoms with Gasteiger partial charge < -0.3 is 16.0 Å². The van der Waals surface area contributed by atoms with E-state index in [2.05, 4.69) is 21.3 Å². The topological polar surface area (TPSA) is 71.2 Å². The number of nitrogens with zero attached hydrogens (tertiary/aromatic N) is 2. The maximum Gasteiger partial charge on any atom is 0.226 e. The minimum atomic E-state index is -0.00279. The highest BCUT2D eigenvalue weighted by molar-refractivity contribution is 7.09. The third kappa shape index (κ3) is 3.06. The molecule has 3 rings (SSSR count). The summed E-state index contributed by atoms with van der Waals surface area (Å²) in [6.45, 7) is 1.78. The van der Waals surface area contributed by atoms with Crippen molar-refractivity contribution in [1.82, 2.24) is 10.3 Å². The maximum absolute atomic E-state index is 11.4. The van der Waals surface area contributed by atoms with E-state index in [1.165, 1.54) is 11.3 Å². The number of anilines is 2. The van der Waals surface area contributed by atoms with Gasteiger partial charge in [0.05, 0.1) is 18.7 Å². The number of carbonyl (C=O) groups is 1. The van der Waals surface area contributed by atoms with Gasteiger partial charge in [0.15, 0.2) is 0 Å². The number of nitrogens with two attached hydrogens (primary N) is 1. The Morgan fingerprint density at radius 2 is 2.36 bits per heavy atom. The smallest absolute Gasteiger partial charge is 0.226 e. The summed E-state index contributed by atoms with van der Waals surface area (Å²) < 4.78 is 0. The van der Waals surface area contributed by atoms with E-state index in [1.54, 1.807) is 18.4 Å². The minimum Gasteiger partial charge on any atom is -0.398 e. The molecule has 0 aliphatic carbocycles. The van der Waals surface area contributed by atoms with Crippen LogP contribution in [-0.4, -0.2) is 24.5 Å². The summed E-state index contributed by atoms with van der Waals surface area (Å²) in [6.07, 6.45) is 2.50. The molecule has 0 fully saturated rings. The van der Waals surface area contributed by atoms with Crippen LogP contribution in [0.15, 0.2) is 23.6 Å². The van der Waals surface area contributed by atoms with Gasteiger partial charge in [-0.2, -0.15) is 0 Å². The van der Waals surface area contributed by atoms with Crippen molar-refractivity contribution < 1.29 is 4.79 Å². The second-order valence-electron chi connectivity index (χ2n) is 5.45. The van der Waals surface area contributed by atoms with Crippen molar-refractivity contribution >= 4 is 28.6 Å². The van der Waals surface area contributed by atoms with Crippen LogP contribution in [0, 0.1) is 0 Å². The van der Waals surface area contributed by atoms with Gasteiger partial charge in [0.2, 0.25) is 5.91 Å². The first-order valence-electron chi connectivity index (χ1n) is 7.43. The van der Waals surface area contributed by atoms with Gasteiger partial charge >= 0.3 is 0 Å². The summed E-state index contributed by atoms with van der Waals surface area (Å²) >= 11 is 1.54. The lowest BCUT2D eigenvalue weighted by molar-refractivity contribution is -0.119. The fourth-order valence-electron chi connectivity index (χ4n) is 2.82. The Balaban J connectivity index is 1.75. The van der Waals surface area contributed by atoms with Crippen molar-refractivity contribution in [1.29, 1.82) is 0 Å². The number of aromatic nitrogens is 1. The molecule has 6 heteroatoms. The highest BCUT2D eigenvalue weighted by Gasteiger charge is 2.19. The van der Waals surface area contributed by atoms with Crippen LogP contribution in [-0.2, 0) is 24.2 Å². The molecule has 116 valence electrons. The predicted octanol–water partition coefficient (Wildman–Crippen LogP) is 1.97. The average molecular weight is 316 g/mol. The molecule has 1 aliphatic rings. The zero-order valence-corrected chi connectivity index (χ0v) is 13.4. The summed E-state index contributed by atoms with van der Waals surface area (Å²) in [5.74, 6) is -0.00279. The first kappa shape index (κ1) is 14.8. The lowest BCUT2D eigenvalue weighted by atomic mass is 10.00. The number of fused-ring (bicyclic) bond motifs is 1. The molecule has 1 aromatic heterocycles. The number of nitrogens with one attached hydrogen (secondary N) is 1. The highest BCUT2D eigenvalue weighted by atomic mass is 32.1. The molecule has 0 radical (unpaired) electrons. The maximum atomic E-state index is 11.4. The molecule has 0 spiro atoms. The molecule has 3 N–H and O–H groups in total. The van der Waals surface area contributed by atoms with Gasteiger partial charge in [-0.3, -0.25) is 4.79 Å².